The maximum absolute atomic E-state index is 13.9. The molecule has 1 atom stereocenters. The smallest absolute Gasteiger partial charge is 0.405 e. The average Bonchev–Trinajstić information content (AvgIpc) is 2.50. The van der Waals surface area contributed by atoms with Gasteiger partial charge in [0.1, 0.15) is 5.82 Å². The van der Waals surface area contributed by atoms with Crippen LogP contribution in [0.25, 0.3) is 11.1 Å². The summed E-state index contributed by atoms with van der Waals surface area (Å²) < 4.78 is 40.3. The normalized spacial score (nSPS) is 16.7. The number of nitrogens with one attached hydrogen (secondary N) is 1. The van der Waals surface area contributed by atoms with E-state index in [0.29, 0.717) is 18.1 Å². The second kappa shape index (κ2) is 5.95. The van der Waals surface area contributed by atoms with Crippen molar-refractivity contribution in [2.75, 3.05) is 0 Å². The molecule has 0 spiro atoms. The van der Waals surface area contributed by atoms with Crippen molar-refractivity contribution in [2.45, 2.75) is 25.3 Å². The fourth-order valence-electron chi connectivity index (χ4n) is 3.02. The van der Waals surface area contributed by atoms with Crippen LogP contribution in [0.5, 0.6) is 0 Å². The van der Waals surface area contributed by atoms with Crippen LogP contribution in [0.15, 0.2) is 30.3 Å². The second-order valence-electron chi connectivity index (χ2n) is 5.55. The van der Waals surface area contributed by atoms with Crippen molar-refractivity contribution in [1.29, 1.82) is 0 Å². The van der Waals surface area contributed by atoms with E-state index in [2.05, 4.69) is 5.32 Å². The van der Waals surface area contributed by atoms with Crippen molar-refractivity contribution in [1.82, 2.24) is 5.32 Å². The van der Waals surface area contributed by atoms with Crippen molar-refractivity contribution < 1.29 is 23.1 Å². The van der Waals surface area contributed by atoms with E-state index in [1.165, 1.54) is 0 Å². The topological polar surface area (TPSA) is 49.3 Å². The molecule has 0 aromatic heterocycles. The Morgan fingerprint density at radius 2 is 1.83 bits per heavy atom. The van der Waals surface area contributed by atoms with Crippen molar-refractivity contribution in [2.24, 2.45) is 0 Å². The standard InChI is InChI=1S/C17H14F3NO2/c18-13-8-15(20)14(19)7-12(13)10-4-5-11-9(6-10)2-1-3-16(11)21-17(22)23/h4-8,16,21H,1-3H2,(H,22,23). The van der Waals surface area contributed by atoms with Crippen LogP contribution < -0.4 is 5.32 Å². The SMILES string of the molecule is O=C(O)NC1CCCc2cc(-c3cc(F)c(F)cc3F)ccc21. The number of fused-ring (bicyclic) bond motifs is 1. The molecule has 3 rings (SSSR count). The highest BCUT2D eigenvalue weighted by atomic mass is 19.2. The first kappa shape index (κ1) is 15.4. The maximum Gasteiger partial charge on any atom is 0.405 e. The van der Waals surface area contributed by atoms with Gasteiger partial charge in [0, 0.05) is 11.6 Å². The molecule has 0 radical (unpaired) electrons. The van der Waals surface area contributed by atoms with Gasteiger partial charge in [-0.3, -0.25) is 0 Å². The van der Waals surface area contributed by atoms with Crippen LogP contribution in [-0.4, -0.2) is 11.2 Å². The lowest BCUT2D eigenvalue weighted by Gasteiger charge is -2.26. The molecular formula is C17H14F3NO2. The largest absolute Gasteiger partial charge is 0.465 e. The Bertz CT molecular complexity index is 777. The molecule has 1 amide bonds. The number of rotatable bonds is 2. The number of hydrogen-bond acceptors (Lipinski definition) is 1. The van der Waals surface area contributed by atoms with Gasteiger partial charge in [-0.2, -0.15) is 0 Å². The van der Waals surface area contributed by atoms with E-state index < -0.39 is 23.5 Å². The van der Waals surface area contributed by atoms with Crippen LogP contribution >= 0.6 is 0 Å². The summed E-state index contributed by atoms with van der Waals surface area (Å²) >= 11 is 0. The number of carbonyl (C=O) groups is 1. The first-order valence-corrected chi connectivity index (χ1v) is 7.23. The summed E-state index contributed by atoms with van der Waals surface area (Å²) in [6.07, 6.45) is 1.12. The number of halogens is 3. The number of carboxylic acid groups (broad SMARTS) is 1. The van der Waals surface area contributed by atoms with E-state index in [1.54, 1.807) is 18.2 Å². The first-order chi connectivity index (χ1) is 11.0. The van der Waals surface area contributed by atoms with Gasteiger partial charge in [0.05, 0.1) is 6.04 Å². The van der Waals surface area contributed by atoms with Gasteiger partial charge < -0.3 is 10.4 Å². The van der Waals surface area contributed by atoms with Gasteiger partial charge >= 0.3 is 6.09 Å². The maximum atomic E-state index is 13.9. The van der Waals surface area contributed by atoms with Gasteiger partial charge in [0.15, 0.2) is 11.6 Å². The quantitative estimate of drug-likeness (QED) is 0.805. The van der Waals surface area contributed by atoms with Crippen LogP contribution in [0, 0.1) is 17.5 Å². The fraction of sp³-hybridized carbons (Fsp3) is 0.235. The lowest BCUT2D eigenvalue weighted by molar-refractivity contribution is 0.188. The minimum Gasteiger partial charge on any atom is -0.465 e. The minimum atomic E-state index is -1.23. The predicted octanol–water partition coefficient (Wildman–Crippen LogP) is 4.42. The third-order valence-electron chi connectivity index (χ3n) is 4.08. The summed E-state index contributed by atoms with van der Waals surface area (Å²) in [5.74, 6) is -3.17. The molecule has 2 aromatic rings. The highest BCUT2D eigenvalue weighted by Gasteiger charge is 2.22. The lowest BCUT2D eigenvalue weighted by atomic mass is 9.85. The number of aryl methyl sites for hydroxylation is 1. The molecule has 2 aromatic carbocycles. The predicted molar refractivity (Wildman–Crippen MR) is 78.6 cm³/mol. The number of hydrogen-bond donors (Lipinski definition) is 2. The molecule has 6 heteroatoms. The first-order valence-electron chi connectivity index (χ1n) is 7.23. The summed E-state index contributed by atoms with van der Waals surface area (Å²) in [4.78, 5) is 10.8. The monoisotopic (exact) mass is 321 g/mol. The fourth-order valence-corrected chi connectivity index (χ4v) is 3.02. The van der Waals surface area contributed by atoms with Gasteiger partial charge in [0.2, 0.25) is 0 Å². The van der Waals surface area contributed by atoms with E-state index in [-0.39, 0.29) is 11.6 Å². The molecule has 2 N–H and O–H groups in total. The van der Waals surface area contributed by atoms with Crippen LogP contribution in [0.1, 0.15) is 30.0 Å². The summed E-state index contributed by atoms with van der Waals surface area (Å²) in [6, 6.07) is 6.07. The molecule has 0 bridgehead atoms. The molecule has 0 saturated carbocycles. The van der Waals surface area contributed by atoms with Gasteiger partial charge in [-0.15, -0.1) is 0 Å². The molecule has 3 nitrogen and oxygen atoms in total. The van der Waals surface area contributed by atoms with E-state index in [9.17, 15) is 18.0 Å². The molecule has 0 saturated heterocycles. The molecule has 120 valence electrons. The molecule has 0 aliphatic heterocycles. The van der Waals surface area contributed by atoms with Gasteiger partial charge in [-0.25, -0.2) is 18.0 Å². The lowest BCUT2D eigenvalue weighted by Crippen LogP contribution is -2.29. The molecule has 23 heavy (non-hydrogen) atoms. The molecular weight excluding hydrogens is 307 g/mol. The summed E-state index contributed by atoms with van der Waals surface area (Å²) in [5, 5.41) is 11.3. The second-order valence-corrected chi connectivity index (χ2v) is 5.55. The zero-order valence-corrected chi connectivity index (χ0v) is 12.1. The Balaban J connectivity index is 2.01. The highest BCUT2D eigenvalue weighted by molar-refractivity contribution is 5.68. The zero-order valence-electron chi connectivity index (χ0n) is 12.1. The third-order valence-corrected chi connectivity index (χ3v) is 4.08. The zero-order chi connectivity index (χ0) is 16.6. The Labute approximate surface area is 130 Å². The van der Waals surface area contributed by atoms with Crippen LogP contribution in [-0.2, 0) is 6.42 Å². The van der Waals surface area contributed by atoms with Crippen molar-refractivity contribution in [3.63, 3.8) is 0 Å². The summed E-state index contributed by atoms with van der Waals surface area (Å²) in [6.45, 7) is 0. The molecule has 0 fully saturated rings. The van der Waals surface area contributed by atoms with Gasteiger partial charge in [-0.1, -0.05) is 18.2 Å². The van der Waals surface area contributed by atoms with Crippen LogP contribution in [0.4, 0.5) is 18.0 Å². The minimum absolute atomic E-state index is 0.0139. The average molecular weight is 321 g/mol. The Hall–Kier alpha value is -2.50. The number of benzene rings is 2. The van der Waals surface area contributed by atoms with Gasteiger partial charge in [0.25, 0.3) is 0 Å². The Morgan fingerprint density at radius 3 is 2.57 bits per heavy atom. The van der Waals surface area contributed by atoms with Crippen molar-refractivity contribution >= 4 is 6.09 Å². The molecule has 0 heterocycles. The number of amides is 1. The summed E-state index contributed by atoms with van der Waals surface area (Å²) in [5.41, 5.74) is 2.15. The van der Waals surface area contributed by atoms with Crippen molar-refractivity contribution in [3.8, 4) is 11.1 Å². The van der Waals surface area contributed by atoms with Crippen LogP contribution in [0.3, 0.4) is 0 Å². The molecule has 1 aliphatic rings. The van der Waals surface area contributed by atoms with Crippen molar-refractivity contribution in [3.05, 3.63) is 58.9 Å². The van der Waals surface area contributed by atoms with Crippen LogP contribution in [0.2, 0.25) is 0 Å². The molecule has 1 aliphatic carbocycles. The van der Waals surface area contributed by atoms with E-state index in [0.717, 1.165) is 30.0 Å². The van der Waals surface area contributed by atoms with E-state index >= 15 is 0 Å². The van der Waals surface area contributed by atoms with Gasteiger partial charge in [-0.05, 0) is 42.0 Å². The highest BCUT2D eigenvalue weighted by Crippen LogP contribution is 2.34. The summed E-state index contributed by atoms with van der Waals surface area (Å²) in [7, 11) is 0. The Kier molecular flexibility index (Phi) is 3.98. The molecule has 1 unspecified atom stereocenters. The third kappa shape index (κ3) is 3.02. The van der Waals surface area contributed by atoms with E-state index in [4.69, 9.17) is 5.11 Å². The Morgan fingerprint density at radius 1 is 1.09 bits per heavy atom. The van der Waals surface area contributed by atoms with E-state index in [1.807, 2.05) is 0 Å².